The number of benzene rings is 1. The van der Waals surface area contributed by atoms with Crippen molar-refractivity contribution in [1.82, 2.24) is 9.88 Å². The molecule has 1 aliphatic heterocycles. The monoisotopic (exact) mass is 459 g/mol. The minimum atomic E-state index is -2.87. The van der Waals surface area contributed by atoms with Gasteiger partial charge in [-0.2, -0.15) is 0 Å². The fraction of sp³-hybridized carbons (Fsp3) is 0.435. The van der Waals surface area contributed by atoms with Crippen molar-refractivity contribution in [3.63, 3.8) is 0 Å². The molecule has 1 fully saturated rings. The number of aryl methyl sites for hydroxylation is 2. The van der Waals surface area contributed by atoms with Crippen LogP contribution in [0, 0.1) is 0 Å². The number of alkyl halides is 2. The summed E-state index contributed by atoms with van der Waals surface area (Å²) in [6.45, 7) is 1.94. The second kappa shape index (κ2) is 8.04. The molecule has 9 heteroatoms. The lowest BCUT2D eigenvalue weighted by atomic mass is 9.87. The van der Waals surface area contributed by atoms with Crippen LogP contribution in [-0.4, -0.2) is 46.1 Å². The SMILES string of the molecule is CC(C(=O)Nc1nc2cc3c(cc2s1)CCC3)N1CCC(F)(F)C(c2cc[n+](O)cc2)C1. The molecule has 2 aromatic heterocycles. The maximum atomic E-state index is 14.7. The molecule has 0 radical (unpaired) electrons. The van der Waals surface area contributed by atoms with Gasteiger partial charge in [-0.1, -0.05) is 11.3 Å². The Kier molecular flexibility index (Phi) is 5.33. The molecule has 3 aromatic rings. The van der Waals surface area contributed by atoms with Gasteiger partial charge >= 0.3 is 0 Å². The Morgan fingerprint density at radius 2 is 2.03 bits per heavy atom. The van der Waals surface area contributed by atoms with Crippen molar-refractivity contribution in [1.29, 1.82) is 0 Å². The summed E-state index contributed by atoms with van der Waals surface area (Å²) in [4.78, 5) is 19.3. The Balaban J connectivity index is 1.30. The smallest absolute Gasteiger partial charge is 0.257 e. The third-order valence-electron chi connectivity index (χ3n) is 6.66. The highest BCUT2D eigenvalue weighted by atomic mass is 32.1. The molecule has 0 bridgehead atoms. The molecule has 2 unspecified atom stereocenters. The van der Waals surface area contributed by atoms with Gasteiger partial charge in [0.15, 0.2) is 5.13 Å². The van der Waals surface area contributed by atoms with Crippen LogP contribution in [-0.2, 0) is 17.6 Å². The van der Waals surface area contributed by atoms with Gasteiger partial charge < -0.3 is 5.32 Å². The van der Waals surface area contributed by atoms with E-state index in [0.29, 0.717) is 10.7 Å². The number of thiazole rings is 1. The number of amides is 1. The van der Waals surface area contributed by atoms with Crippen LogP contribution < -0.4 is 10.0 Å². The van der Waals surface area contributed by atoms with E-state index in [1.807, 2.05) is 0 Å². The van der Waals surface area contributed by atoms with Gasteiger partial charge in [-0.3, -0.25) is 14.9 Å². The Morgan fingerprint density at radius 1 is 1.31 bits per heavy atom. The number of nitrogens with zero attached hydrogens (tertiary/aromatic N) is 3. The Hall–Kier alpha value is -2.65. The quantitative estimate of drug-likeness (QED) is 0.461. The lowest BCUT2D eigenvalue weighted by Crippen LogP contribution is -2.52. The summed E-state index contributed by atoms with van der Waals surface area (Å²) in [5.74, 6) is -4.17. The van der Waals surface area contributed by atoms with E-state index >= 15 is 0 Å². The van der Waals surface area contributed by atoms with E-state index in [9.17, 15) is 18.8 Å². The van der Waals surface area contributed by atoms with Crippen LogP contribution in [0.4, 0.5) is 13.9 Å². The van der Waals surface area contributed by atoms with Crippen LogP contribution in [0.1, 0.15) is 42.4 Å². The molecule has 1 amide bonds. The summed E-state index contributed by atoms with van der Waals surface area (Å²) in [5.41, 5.74) is 4.03. The van der Waals surface area contributed by atoms with Crippen LogP contribution >= 0.6 is 11.3 Å². The van der Waals surface area contributed by atoms with E-state index in [-0.39, 0.29) is 25.4 Å². The van der Waals surface area contributed by atoms with Crippen molar-refractivity contribution < 1.29 is 23.5 Å². The lowest BCUT2D eigenvalue weighted by Gasteiger charge is -2.40. The van der Waals surface area contributed by atoms with E-state index in [4.69, 9.17) is 0 Å². The summed E-state index contributed by atoms with van der Waals surface area (Å²) < 4.78 is 31.2. The minimum Gasteiger partial charge on any atom is -0.301 e. The maximum Gasteiger partial charge on any atom is 0.257 e. The molecule has 2 N–H and O–H groups in total. The number of hydrogen-bond acceptors (Lipinski definition) is 5. The first-order valence-corrected chi connectivity index (χ1v) is 11.7. The highest BCUT2D eigenvalue weighted by Crippen LogP contribution is 2.40. The maximum absolute atomic E-state index is 14.7. The predicted octanol–water partition coefficient (Wildman–Crippen LogP) is 3.76. The van der Waals surface area contributed by atoms with E-state index in [1.54, 1.807) is 11.8 Å². The number of halogens is 2. The standard InChI is InChI=1S/C23H24F2N4O2S/c1-14(28-10-7-23(24,25)18(13-28)15-5-8-29(31)9-6-15)21(30)27-22-26-19-11-16-3-2-4-17(16)12-20(19)32-22/h5-6,8-9,11-12,14,18H,2-4,7,10,13H2,1H3,(H-,26,27,30,31)/p+1. The number of aromatic nitrogens is 2. The molecule has 6 nitrogen and oxygen atoms in total. The normalized spacial score (nSPS) is 21.4. The van der Waals surface area contributed by atoms with Gasteiger partial charge in [0.2, 0.25) is 18.3 Å². The average molecular weight is 460 g/mol. The first kappa shape index (κ1) is 21.2. The Morgan fingerprint density at radius 3 is 2.78 bits per heavy atom. The van der Waals surface area contributed by atoms with Crippen molar-refractivity contribution in [2.45, 2.75) is 50.5 Å². The van der Waals surface area contributed by atoms with Gasteiger partial charge in [-0.25, -0.2) is 13.8 Å². The number of nitrogens with one attached hydrogen (secondary N) is 1. The van der Waals surface area contributed by atoms with Crippen LogP contribution in [0.25, 0.3) is 10.2 Å². The molecule has 168 valence electrons. The minimum absolute atomic E-state index is 0.0591. The first-order chi connectivity index (χ1) is 15.3. The number of rotatable bonds is 4. The molecule has 3 heterocycles. The van der Waals surface area contributed by atoms with Crippen molar-refractivity contribution in [2.24, 2.45) is 0 Å². The van der Waals surface area contributed by atoms with Gasteiger partial charge in [0.05, 0.1) is 22.2 Å². The molecule has 1 aromatic carbocycles. The van der Waals surface area contributed by atoms with E-state index in [0.717, 1.165) is 27.8 Å². The second-order valence-corrected chi connectivity index (χ2v) is 9.73. The number of carbonyl (C=O) groups is 1. The highest BCUT2D eigenvalue weighted by Gasteiger charge is 2.46. The molecule has 0 saturated carbocycles. The van der Waals surface area contributed by atoms with Gasteiger partial charge in [-0.15, -0.1) is 0 Å². The fourth-order valence-electron chi connectivity index (χ4n) is 4.71. The zero-order valence-corrected chi connectivity index (χ0v) is 18.5. The van der Waals surface area contributed by atoms with Gasteiger partial charge in [0, 0.05) is 36.4 Å². The fourth-order valence-corrected chi connectivity index (χ4v) is 5.63. The summed E-state index contributed by atoms with van der Waals surface area (Å²) in [6, 6.07) is 6.69. The molecule has 5 rings (SSSR count). The lowest BCUT2D eigenvalue weighted by molar-refractivity contribution is -0.904. The van der Waals surface area contributed by atoms with Gasteiger partial charge in [-0.05, 0) is 55.0 Å². The molecule has 32 heavy (non-hydrogen) atoms. The Labute approximate surface area is 188 Å². The topological polar surface area (TPSA) is 69.3 Å². The third-order valence-corrected chi connectivity index (χ3v) is 7.59. The van der Waals surface area contributed by atoms with Crippen molar-refractivity contribution in [3.8, 4) is 0 Å². The number of pyridine rings is 1. The third kappa shape index (κ3) is 3.95. The molecule has 2 aliphatic rings. The van der Waals surface area contributed by atoms with Crippen LogP contribution in [0.5, 0.6) is 0 Å². The van der Waals surface area contributed by atoms with E-state index in [2.05, 4.69) is 22.4 Å². The van der Waals surface area contributed by atoms with E-state index in [1.165, 1.54) is 53.4 Å². The number of carbonyl (C=O) groups excluding carboxylic acids is 1. The summed E-state index contributed by atoms with van der Waals surface area (Å²) >= 11 is 1.45. The molecule has 0 spiro atoms. The van der Waals surface area contributed by atoms with Gasteiger partial charge in [0.1, 0.15) is 0 Å². The number of likely N-dealkylation sites (tertiary alicyclic amines) is 1. The zero-order valence-electron chi connectivity index (χ0n) is 17.7. The van der Waals surface area contributed by atoms with Crippen LogP contribution in [0.2, 0.25) is 0 Å². The first-order valence-electron chi connectivity index (χ1n) is 10.9. The van der Waals surface area contributed by atoms with Gasteiger partial charge in [0.25, 0.3) is 5.92 Å². The number of piperidine rings is 1. The van der Waals surface area contributed by atoms with Crippen molar-refractivity contribution in [2.75, 3.05) is 18.4 Å². The molecule has 1 aliphatic carbocycles. The largest absolute Gasteiger partial charge is 0.301 e. The number of fused-ring (bicyclic) bond motifs is 2. The highest BCUT2D eigenvalue weighted by molar-refractivity contribution is 7.22. The summed E-state index contributed by atoms with van der Waals surface area (Å²) in [7, 11) is 0. The number of anilines is 1. The second-order valence-electron chi connectivity index (χ2n) is 8.70. The molecule has 1 saturated heterocycles. The predicted molar refractivity (Wildman–Crippen MR) is 117 cm³/mol. The average Bonchev–Trinajstić information content (AvgIpc) is 3.37. The molecular weight excluding hydrogens is 434 g/mol. The molecule has 2 atom stereocenters. The van der Waals surface area contributed by atoms with Crippen molar-refractivity contribution >= 4 is 32.6 Å². The van der Waals surface area contributed by atoms with E-state index < -0.39 is 17.9 Å². The van der Waals surface area contributed by atoms with Crippen LogP contribution in [0.15, 0.2) is 36.7 Å². The zero-order chi connectivity index (χ0) is 22.5. The summed E-state index contributed by atoms with van der Waals surface area (Å²) in [6.07, 6.45) is 5.68. The number of hydrogen-bond donors (Lipinski definition) is 2. The Bertz CT molecular complexity index is 1120. The molecular formula is C23H25F2N4O2S+. The van der Waals surface area contributed by atoms with Crippen molar-refractivity contribution in [3.05, 3.63) is 53.3 Å². The van der Waals surface area contributed by atoms with Crippen LogP contribution in [0.3, 0.4) is 0 Å². The summed E-state index contributed by atoms with van der Waals surface area (Å²) in [5, 5.41) is 12.8.